The molecule has 124 valence electrons. The summed E-state index contributed by atoms with van der Waals surface area (Å²) in [4.78, 5) is 26.2. The van der Waals surface area contributed by atoms with E-state index in [-0.39, 0.29) is 5.41 Å². The number of nitrogen functional groups attached to an aromatic ring is 1. The summed E-state index contributed by atoms with van der Waals surface area (Å²) in [5.41, 5.74) is 5.55. The lowest BCUT2D eigenvalue weighted by Crippen LogP contribution is -2.53. The summed E-state index contributed by atoms with van der Waals surface area (Å²) < 4.78 is 0. The fraction of sp³-hybridized carbons (Fsp3) is 0.706. The van der Waals surface area contributed by atoms with E-state index in [1.165, 1.54) is 25.7 Å². The summed E-state index contributed by atoms with van der Waals surface area (Å²) in [5.74, 6) is 1.52. The van der Waals surface area contributed by atoms with Crippen molar-refractivity contribution in [2.45, 2.75) is 51.0 Å². The highest BCUT2D eigenvalue weighted by Gasteiger charge is 2.50. The van der Waals surface area contributed by atoms with Crippen LogP contribution in [0.25, 0.3) is 0 Å². The molecule has 1 atom stereocenters. The Bertz CT molecular complexity index is 600. The maximum absolute atomic E-state index is 13.2. The second-order valence-corrected chi connectivity index (χ2v) is 7.27. The van der Waals surface area contributed by atoms with Crippen molar-refractivity contribution >= 4 is 17.7 Å². The van der Waals surface area contributed by atoms with E-state index in [4.69, 9.17) is 5.73 Å². The number of amides is 1. The van der Waals surface area contributed by atoms with Crippen molar-refractivity contribution in [2.75, 3.05) is 30.3 Å². The van der Waals surface area contributed by atoms with Gasteiger partial charge in [0.25, 0.3) is 0 Å². The van der Waals surface area contributed by atoms with Gasteiger partial charge in [-0.3, -0.25) is 4.79 Å². The lowest BCUT2D eigenvalue weighted by Gasteiger charge is -2.42. The number of carbonyl (C=O) groups is 1. The highest BCUT2D eigenvalue weighted by atomic mass is 16.2. The first-order valence-corrected chi connectivity index (χ1v) is 8.83. The van der Waals surface area contributed by atoms with Crippen LogP contribution < -0.4 is 10.6 Å². The van der Waals surface area contributed by atoms with Crippen LogP contribution in [0.3, 0.4) is 0 Å². The molecular weight excluding hydrogens is 290 g/mol. The zero-order valence-corrected chi connectivity index (χ0v) is 13.6. The number of nitrogens with zero attached hydrogens (tertiary/aromatic N) is 4. The van der Waals surface area contributed by atoms with Crippen LogP contribution in [0.5, 0.6) is 0 Å². The highest BCUT2D eigenvalue weighted by molar-refractivity contribution is 5.85. The molecule has 1 aliphatic carbocycles. The van der Waals surface area contributed by atoms with Crippen LogP contribution in [0.4, 0.5) is 11.8 Å². The molecule has 1 saturated carbocycles. The summed E-state index contributed by atoms with van der Waals surface area (Å²) in [5, 5.41) is 0. The summed E-state index contributed by atoms with van der Waals surface area (Å²) in [7, 11) is 0. The van der Waals surface area contributed by atoms with Gasteiger partial charge < -0.3 is 15.5 Å². The number of rotatable bonds is 2. The van der Waals surface area contributed by atoms with Crippen molar-refractivity contribution in [1.82, 2.24) is 14.9 Å². The Morgan fingerprint density at radius 2 is 2.00 bits per heavy atom. The lowest BCUT2D eigenvalue weighted by molar-refractivity contribution is -0.147. The molecule has 6 heteroatoms. The molecule has 3 heterocycles. The van der Waals surface area contributed by atoms with Crippen molar-refractivity contribution in [2.24, 2.45) is 5.41 Å². The predicted octanol–water partition coefficient (Wildman–Crippen LogP) is 1.82. The van der Waals surface area contributed by atoms with Crippen LogP contribution in [0.2, 0.25) is 0 Å². The molecular formula is C17H25N5O. The molecule has 2 aliphatic heterocycles. The normalized spacial score (nSPS) is 29.0. The van der Waals surface area contributed by atoms with E-state index in [2.05, 4.69) is 19.8 Å². The lowest BCUT2D eigenvalue weighted by atomic mass is 9.77. The van der Waals surface area contributed by atoms with Gasteiger partial charge in [0.2, 0.25) is 11.9 Å². The van der Waals surface area contributed by atoms with E-state index in [0.29, 0.717) is 23.7 Å². The van der Waals surface area contributed by atoms with Crippen LogP contribution >= 0.6 is 0 Å². The van der Waals surface area contributed by atoms with Gasteiger partial charge in [-0.05, 0) is 38.2 Å². The van der Waals surface area contributed by atoms with Crippen molar-refractivity contribution < 1.29 is 4.79 Å². The second kappa shape index (κ2) is 5.65. The molecule has 0 radical (unpaired) electrons. The molecule has 1 aromatic heterocycles. The minimum Gasteiger partial charge on any atom is -0.384 e. The number of hydrogen-bond donors (Lipinski definition) is 1. The largest absolute Gasteiger partial charge is 0.384 e. The molecule has 2 saturated heterocycles. The van der Waals surface area contributed by atoms with Crippen molar-refractivity contribution in [1.29, 1.82) is 0 Å². The molecule has 23 heavy (non-hydrogen) atoms. The maximum Gasteiger partial charge on any atom is 0.230 e. The molecule has 1 spiro atoms. The van der Waals surface area contributed by atoms with Gasteiger partial charge >= 0.3 is 0 Å². The minimum atomic E-state index is -0.227. The molecule has 2 N–H and O–H groups in total. The quantitative estimate of drug-likeness (QED) is 0.901. The summed E-state index contributed by atoms with van der Waals surface area (Å²) in [6.45, 7) is 2.52. The van der Waals surface area contributed by atoms with Gasteiger partial charge in [-0.15, -0.1) is 0 Å². The van der Waals surface area contributed by atoms with E-state index in [0.717, 1.165) is 38.9 Å². The first-order valence-electron chi connectivity index (χ1n) is 8.83. The molecule has 1 aromatic rings. The fourth-order valence-electron chi connectivity index (χ4n) is 4.60. The first-order chi connectivity index (χ1) is 11.2. The third-order valence-corrected chi connectivity index (χ3v) is 5.84. The van der Waals surface area contributed by atoms with Crippen LogP contribution in [0.1, 0.15) is 44.9 Å². The van der Waals surface area contributed by atoms with Crippen molar-refractivity contribution in [3.63, 3.8) is 0 Å². The molecule has 0 bridgehead atoms. The number of piperidine rings is 1. The van der Waals surface area contributed by atoms with Gasteiger partial charge in [-0.1, -0.05) is 12.8 Å². The van der Waals surface area contributed by atoms with Crippen LogP contribution in [0.15, 0.2) is 12.3 Å². The zero-order valence-electron chi connectivity index (χ0n) is 13.6. The fourth-order valence-corrected chi connectivity index (χ4v) is 4.60. The predicted molar refractivity (Wildman–Crippen MR) is 88.9 cm³/mol. The van der Waals surface area contributed by atoms with Gasteiger partial charge in [-0.25, -0.2) is 4.98 Å². The Morgan fingerprint density at radius 1 is 1.17 bits per heavy atom. The second-order valence-electron chi connectivity index (χ2n) is 7.27. The number of nitrogens with two attached hydrogens (primary N) is 1. The Kier molecular flexibility index (Phi) is 3.62. The maximum atomic E-state index is 13.2. The number of anilines is 2. The Morgan fingerprint density at radius 3 is 2.78 bits per heavy atom. The minimum absolute atomic E-state index is 0.227. The molecule has 6 nitrogen and oxygen atoms in total. The van der Waals surface area contributed by atoms with Crippen LogP contribution in [0, 0.1) is 5.41 Å². The number of aromatic nitrogens is 2. The third-order valence-electron chi connectivity index (χ3n) is 5.84. The first kappa shape index (κ1) is 14.7. The van der Waals surface area contributed by atoms with E-state index < -0.39 is 0 Å². The Hall–Kier alpha value is -1.85. The third kappa shape index (κ3) is 2.54. The Balaban J connectivity index is 1.53. The molecule has 0 unspecified atom stereocenters. The van der Waals surface area contributed by atoms with E-state index in [1.54, 1.807) is 12.3 Å². The SMILES string of the molecule is Nc1ccnc(N2CC[C@@]3(CCCN(C4CCCC4)C3=O)C2)n1. The highest BCUT2D eigenvalue weighted by Crippen LogP contribution is 2.42. The number of likely N-dealkylation sites (tertiary alicyclic amines) is 1. The monoisotopic (exact) mass is 315 g/mol. The van der Waals surface area contributed by atoms with Crippen molar-refractivity contribution in [3.8, 4) is 0 Å². The smallest absolute Gasteiger partial charge is 0.230 e. The Labute approximate surface area is 137 Å². The molecule has 3 aliphatic rings. The molecule has 0 aromatic carbocycles. The summed E-state index contributed by atoms with van der Waals surface area (Å²) in [6, 6.07) is 2.18. The number of hydrogen-bond acceptors (Lipinski definition) is 5. The van der Waals surface area contributed by atoms with Gasteiger partial charge in [0.1, 0.15) is 5.82 Å². The van der Waals surface area contributed by atoms with E-state index in [1.807, 2.05) is 0 Å². The zero-order chi connectivity index (χ0) is 15.9. The molecule has 4 rings (SSSR count). The van der Waals surface area contributed by atoms with Crippen molar-refractivity contribution in [3.05, 3.63) is 12.3 Å². The molecule has 1 amide bonds. The van der Waals surface area contributed by atoms with E-state index in [9.17, 15) is 4.79 Å². The summed E-state index contributed by atoms with van der Waals surface area (Å²) in [6.07, 6.45) is 9.62. The van der Waals surface area contributed by atoms with Gasteiger partial charge in [0.05, 0.1) is 5.41 Å². The number of carbonyl (C=O) groups excluding carboxylic acids is 1. The van der Waals surface area contributed by atoms with Crippen LogP contribution in [-0.2, 0) is 4.79 Å². The molecule has 3 fully saturated rings. The summed E-state index contributed by atoms with van der Waals surface area (Å²) >= 11 is 0. The standard InChI is InChI=1S/C17H25N5O/c18-14-6-9-19-16(20-14)21-11-8-17(12-21)7-3-10-22(15(17)23)13-4-1-2-5-13/h6,9,13H,1-5,7-8,10-12H2,(H2,18,19,20)/t17-/m0/s1. The van der Waals surface area contributed by atoms with Crippen LogP contribution in [-0.4, -0.2) is 46.5 Å². The average molecular weight is 315 g/mol. The van der Waals surface area contributed by atoms with Gasteiger partial charge in [0.15, 0.2) is 0 Å². The van der Waals surface area contributed by atoms with E-state index >= 15 is 0 Å². The average Bonchev–Trinajstić information content (AvgIpc) is 3.21. The topological polar surface area (TPSA) is 75.3 Å². The van der Waals surface area contributed by atoms with Gasteiger partial charge in [-0.2, -0.15) is 4.98 Å². The van der Waals surface area contributed by atoms with Gasteiger partial charge in [0, 0.05) is 31.9 Å².